The van der Waals surface area contributed by atoms with E-state index < -0.39 is 18.5 Å². The lowest BCUT2D eigenvalue weighted by Gasteiger charge is -2.10. The summed E-state index contributed by atoms with van der Waals surface area (Å²) in [6.45, 7) is -0.845. The van der Waals surface area contributed by atoms with Crippen molar-refractivity contribution in [1.82, 2.24) is 0 Å². The molecule has 0 aliphatic rings. The molecule has 1 amide bonds. The van der Waals surface area contributed by atoms with Gasteiger partial charge in [-0.25, -0.2) is 4.79 Å². The van der Waals surface area contributed by atoms with Crippen molar-refractivity contribution in [2.75, 3.05) is 25.6 Å². The first kappa shape index (κ1) is 19.1. The summed E-state index contributed by atoms with van der Waals surface area (Å²) in [5, 5.41) is 11.5. The van der Waals surface area contributed by atoms with Crippen LogP contribution in [0, 0.1) is 11.3 Å². The summed E-state index contributed by atoms with van der Waals surface area (Å²) >= 11 is 5.88. The Labute approximate surface area is 155 Å². The topological polar surface area (TPSA) is 97.7 Å². The number of hydrogen-bond donors (Lipinski definition) is 1. The molecule has 8 heteroatoms. The molecule has 0 bridgehead atoms. The van der Waals surface area contributed by atoms with Gasteiger partial charge >= 0.3 is 5.97 Å². The van der Waals surface area contributed by atoms with Gasteiger partial charge in [0.2, 0.25) is 0 Å². The maximum Gasteiger partial charge on any atom is 0.344 e. The molecular weight excluding hydrogens is 360 g/mol. The van der Waals surface area contributed by atoms with Crippen LogP contribution in [0.4, 0.5) is 5.69 Å². The maximum absolute atomic E-state index is 11.8. The van der Waals surface area contributed by atoms with E-state index in [9.17, 15) is 9.59 Å². The molecule has 0 saturated heterocycles. The van der Waals surface area contributed by atoms with Crippen molar-refractivity contribution < 1.29 is 23.8 Å². The second-order valence-corrected chi connectivity index (χ2v) is 5.36. The molecule has 0 fully saturated rings. The average Bonchev–Trinajstić information content (AvgIpc) is 2.65. The zero-order chi connectivity index (χ0) is 18.9. The molecule has 0 saturated carbocycles. The number of amides is 1. The van der Waals surface area contributed by atoms with Crippen LogP contribution in [0.3, 0.4) is 0 Å². The van der Waals surface area contributed by atoms with Crippen molar-refractivity contribution in [3.05, 3.63) is 53.1 Å². The molecule has 0 aliphatic heterocycles. The van der Waals surface area contributed by atoms with E-state index in [1.807, 2.05) is 6.07 Å². The van der Waals surface area contributed by atoms with Crippen LogP contribution in [0.2, 0.25) is 5.02 Å². The minimum absolute atomic E-state index is 0.215. The lowest BCUT2D eigenvalue weighted by atomic mass is 10.2. The van der Waals surface area contributed by atoms with Crippen LogP contribution in [-0.4, -0.2) is 32.2 Å². The monoisotopic (exact) mass is 374 g/mol. The van der Waals surface area contributed by atoms with Crippen molar-refractivity contribution in [2.24, 2.45) is 0 Å². The van der Waals surface area contributed by atoms with Crippen molar-refractivity contribution in [1.29, 1.82) is 5.26 Å². The number of hydrogen-bond acceptors (Lipinski definition) is 6. The van der Waals surface area contributed by atoms with Crippen LogP contribution in [0.1, 0.15) is 5.56 Å². The molecule has 0 radical (unpaired) electrons. The highest BCUT2D eigenvalue weighted by atomic mass is 35.5. The Morgan fingerprint density at radius 1 is 1.15 bits per heavy atom. The SMILES string of the molecule is COc1ccccc1OCC(=O)OCC(=O)Nc1ccc(C#N)c(Cl)c1. The molecule has 134 valence electrons. The van der Waals surface area contributed by atoms with Gasteiger partial charge in [0, 0.05) is 5.69 Å². The molecule has 2 aromatic carbocycles. The third-order valence-electron chi connectivity index (χ3n) is 3.15. The smallest absolute Gasteiger partial charge is 0.344 e. The standard InChI is InChI=1S/C18H15ClN2O5/c1-24-15-4-2-3-5-16(15)25-11-18(23)26-10-17(22)21-13-7-6-12(9-20)14(19)8-13/h2-8H,10-11H2,1H3,(H,21,22). The number of nitriles is 1. The van der Waals surface area contributed by atoms with Crippen LogP contribution >= 0.6 is 11.6 Å². The van der Waals surface area contributed by atoms with Crippen LogP contribution in [-0.2, 0) is 14.3 Å². The molecule has 0 aliphatic carbocycles. The summed E-state index contributed by atoms with van der Waals surface area (Å²) in [6.07, 6.45) is 0. The van der Waals surface area contributed by atoms with Gasteiger partial charge in [0.25, 0.3) is 5.91 Å². The molecular formula is C18H15ClN2O5. The maximum atomic E-state index is 11.8. The van der Waals surface area contributed by atoms with E-state index in [-0.39, 0.29) is 11.6 Å². The predicted molar refractivity (Wildman–Crippen MR) is 94.2 cm³/mol. The number of nitrogens with zero attached hydrogens (tertiary/aromatic N) is 1. The number of ether oxygens (including phenoxy) is 3. The largest absolute Gasteiger partial charge is 0.493 e. The summed E-state index contributed by atoms with van der Waals surface area (Å²) in [6, 6.07) is 13.2. The first-order valence-electron chi connectivity index (χ1n) is 7.44. The second kappa shape index (κ2) is 9.30. The van der Waals surface area contributed by atoms with Crippen LogP contribution in [0.15, 0.2) is 42.5 Å². The van der Waals surface area contributed by atoms with Crippen LogP contribution in [0.25, 0.3) is 0 Å². The van der Waals surface area contributed by atoms with E-state index in [4.69, 9.17) is 31.1 Å². The third-order valence-corrected chi connectivity index (χ3v) is 3.46. The number of methoxy groups -OCH3 is 1. The van der Waals surface area contributed by atoms with Gasteiger partial charge in [-0.1, -0.05) is 23.7 Å². The Hall–Kier alpha value is -3.24. The number of nitrogens with one attached hydrogen (secondary N) is 1. The molecule has 0 aromatic heterocycles. The number of esters is 1. The second-order valence-electron chi connectivity index (χ2n) is 4.95. The lowest BCUT2D eigenvalue weighted by molar-refractivity contribution is -0.149. The van der Waals surface area contributed by atoms with Gasteiger partial charge in [0.05, 0.1) is 17.7 Å². The highest BCUT2D eigenvalue weighted by Gasteiger charge is 2.11. The van der Waals surface area contributed by atoms with Crippen molar-refractivity contribution in [3.8, 4) is 17.6 Å². The first-order chi connectivity index (χ1) is 12.5. The number of para-hydroxylation sites is 2. The van der Waals surface area contributed by atoms with Crippen LogP contribution < -0.4 is 14.8 Å². The summed E-state index contributed by atoms with van der Waals surface area (Å²) in [7, 11) is 1.49. The van der Waals surface area contributed by atoms with E-state index >= 15 is 0 Å². The molecule has 0 heterocycles. The Balaban J connectivity index is 1.79. The number of carbonyl (C=O) groups excluding carboxylic acids is 2. The molecule has 2 aromatic rings. The fourth-order valence-corrected chi connectivity index (χ4v) is 2.17. The number of rotatable bonds is 7. The molecule has 1 N–H and O–H groups in total. The van der Waals surface area contributed by atoms with E-state index in [0.717, 1.165) is 0 Å². The van der Waals surface area contributed by atoms with E-state index in [1.165, 1.54) is 25.3 Å². The van der Waals surface area contributed by atoms with Gasteiger partial charge in [-0.05, 0) is 30.3 Å². The summed E-state index contributed by atoms with van der Waals surface area (Å²) in [4.78, 5) is 23.5. The molecule has 0 spiro atoms. The fourth-order valence-electron chi connectivity index (χ4n) is 1.94. The molecule has 2 rings (SSSR count). The van der Waals surface area contributed by atoms with Gasteiger partial charge in [0.15, 0.2) is 24.7 Å². The van der Waals surface area contributed by atoms with Crippen molar-refractivity contribution >= 4 is 29.2 Å². The predicted octanol–water partition coefficient (Wildman–Crippen LogP) is 2.78. The molecule has 0 unspecified atom stereocenters. The zero-order valence-electron chi connectivity index (χ0n) is 13.8. The minimum atomic E-state index is -0.705. The first-order valence-corrected chi connectivity index (χ1v) is 7.82. The van der Waals surface area contributed by atoms with E-state index in [0.29, 0.717) is 22.7 Å². The summed E-state index contributed by atoms with van der Waals surface area (Å²) < 4.78 is 15.2. The number of anilines is 1. The lowest BCUT2D eigenvalue weighted by Crippen LogP contribution is -2.23. The Kier molecular flexibility index (Phi) is 6.83. The van der Waals surface area contributed by atoms with E-state index in [1.54, 1.807) is 24.3 Å². The van der Waals surface area contributed by atoms with Gasteiger partial charge in [-0.3, -0.25) is 4.79 Å². The number of benzene rings is 2. The van der Waals surface area contributed by atoms with Crippen LogP contribution in [0.5, 0.6) is 11.5 Å². The Morgan fingerprint density at radius 2 is 1.88 bits per heavy atom. The van der Waals surface area contributed by atoms with Crippen molar-refractivity contribution in [3.63, 3.8) is 0 Å². The number of carbonyl (C=O) groups is 2. The third kappa shape index (κ3) is 5.40. The Bertz CT molecular complexity index is 848. The van der Waals surface area contributed by atoms with Gasteiger partial charge in [0.1, 0.15) is 6.07 Å². The quantitative estimate of drug-likeness (QED) is 0.748. The number of halogens is 1. The van der Waals surface area contributed by atoms with E-state index in [2.05, 4.69) is 5.32 Å². The molecule has 26 heavy (non-hydrogen) atoms. The molecule has 7 nitrogen and oxygen atoms in total. The molecule has 0 atom stereocenters. The summed E-state index contributed by atoms with van der Waals surface area (Å²) in [5.41, 5.74) is 0.685. The van der Waals surface area contributed by atoms with Gasteiger partial charge < -0.3 is 19.5 Å². The average molecular weight is 375 g/mol. The highest BCUT2D eigenvalue weighted by Crippen LogP contribution is 2.25. The zero-order valence-corrected chi connectivity index (χ0v) is 14.6. The van der Waals surface area contributed by atoms with Crippen molar-refractivity contribution in [2.45, 2.75) is 0 Å². The van der Waals surface area contributed by atoms with Gasteiger partial charge in [-0.15, -0.1) is 0 Å². The highest BCUT2D eigenvalue weighted by molar-refractivity contribution is 6.32. The minimum Gasteiger partial charge on any atom is -0.493 e. The fraction of sp³-hybridized carbons (Fsp3) is 0.167. The normalized spacial score (nSPS) is 9.73. The van der Waals surface area contributed by atoms with Gasteiger partial charge in [-0.2, -0.15) is 5.26 Å². The summed E-state index contributed by atoms with van der Waals surface area (Å²) in [5.74, 6) is -0.375. The Morgan fingerprint density at radius 3 is 2.54 bits per heavy atom.